The van der Waals surface area contributed by atoms with Crippen molar-refractivity contribution in [3.05, 3.63) is 0 Å². The zero-order chi connectivity index (χ0) is 18.2. The van der Waals surface area contributed by atoms with Gasteiger partial charge in [0.1, 0.15) is 11.6 Å². The Bertz CT molecular complexity index is 510. The van der Waals surface area contributed by atoms with Gasteiger partial charge in [0.2, 0.25) is 0 Å². The number of nitrogens with zero attached hydrogens (tertiary/aromatic N) is 1. The molecule has 0 aromatic heterocycles. The molecule has 3 nitrogen and oxygen atoms in total. The molecule has 0 aromatic rings. The molecule has 0 N–H and O–H groups in total. The van der Waals surface area contributed by atoms with Crippen molar-refractivity contribution in [3.8, 4) is 0 Å². The third-order valence-corrected chi connectivity index (χ3v) is 7.02. The minimum Gasteiger partial charge on any atom is -0.301 e. The summed E-state index contributed by atoms with van der Waals surface area (Å²) in [6, 6.07) is 0. The van der Waals surface area contributed by atoms with Crippen molar-refractivity contribution >= 4 is 11.6 Å². The van der Waals surface area contributed by atoms with Crippen LogP contribution >= 0.6 is 0 Å². The maximum absolute atomic E-state index is 13.2. The number of rotatable bonds is 4. The zero-order valence-electron chi connectivity index (χ0n) is 16.8. The third-order valence-electron chi connectivity index (χ3n) is 7.02. The van der Waals surface area contributed by atoms with E-state index in [2.05, 4.69) is 18.7 Å². The summed E-state index contributed by atoms with van der Waals surface area (Å²) in [6.07, 6.45) is 8.47. The number of hydrogen-bond donors (Lipinski definition) is 0. The van der Waals surface area contributed by atoms with Crippen molar-refractivity contribution in [3.63, 3.8) is 0 Å². The maximum Gasteiger partial charge on any atom is 0.144 e. The molecule has 0 amide bonds. The Labute approximate surface area is 153 Å². The molecule has 6 rings (SSSR count). The molecule has 142 valence electrons. The van der Waals surface area contributed by atoms with Crippen LogP contribution in [-0.2, 0) is 9.59 Å². The highest BCUT2D eigenvalue weighted by molar-refractivity contribution is 5.90. The Morgan fingerprint density at radius 3 is 2.44 bits per heavy atom. The number of carbonyl (C=O) groups excluding carboxylic acids is 2. The first kappa shape index (κ1) is 19.1. The van der Waals surface area contributed by atoms with E-state index in [4.69, 9.17) is 0 Å². The molecule has 5 heterocycles. The first-order valence-electron chi connectivity index (χ1n) is 10.6. The molecular formula is C22H37NO2. The van der Waals surface area contributed by atoms with Crippen LogP contribution < -0.4 is 0 Å². The highest BCUT2D eigenvalue weighted by atomic mass is 16.1. The number of carbonyl (C=O) groups is 2. The van der Waals surface area contributed by atoms with E-state index in [-0.39, 0.29) is 16.7 Å². The molecule has 1 saturated carbocycles. The molecule has 0 radical (unpaired) electrons. The molecule has 4 bridgehead atoms. The van der Waals surface area contributed by atoms with Crippen molar-refractivity contribution < 1.29 is 9.59 Å². The minimum absolute atomic E-state index is 0.0572. The van der Waals surface area contributed by atoms with Gasteiger partial charge in [-0.1, -0.05) is 40.5 Å². The highest BCUT2D eigenvalue weighted by Crippen LogP contribution is 2.54. The van der Waals surface area contributed by atoms with Crippen LogP contribution in [0.4, 0.5) is 0 Å². The Morgan fingerprint density at radius 2 is 1.84 bits per heavy atom. The summed E-state index contributed by atoms with van der Waals surface area (Å²) in [5.74, 6) is 2.26. The first-order valence-corrected chi connectivity index (χ1v) is 10.6. The monoisotopic (exact) mass is 347 g/mol. The fraction of sp³-hybridized carbons (Fsp3) is 0.909. The molecule has 6 fully saturated rings. The van der Waals surface area contributed by atoms with Crippen LogP contribution in [0.15, 0.2) is 0 Å². The Kier molecular flexibility index (Phi) is 5.44. The van der Waals surface area contributed by atoms with Gasteiger partial charge in [-0.15, -0.1) is 0 Å². The molecule has 6 aliphatic rings. The molecule has 0 atom stereocenters. The predicted molar refractivity (Wildman–Crippen MR) is 101 cm³/mol. The van der Waals surface area contributed by atoms with Crippen LogP contribution in [0.2, 0.25) is 0 Å². The molecule has 3 heteroatoms. The van der Waals surface area contributed by atoms with E-state index in [0.717, 1.165) is 51.2 Å². The standard InChI is InChI=1S/C22H37NO2/c1-16(2)11-22-12-18(13-22)7-5-6-10-23-14-21(15-23,9-8-19(22)24)20(25)17(3)4/h16-18H,5-15H2,1-4H3. The van der Waals surface area contributed by atoms with E-state index in [1.165, 1.54) is 19.3 Å². The van der Waals surface area contributed by atoms with Crippen LogP contribution in [0.25, 0.3) is 0 Å². The molecule has 0 unspecified atom stereocenters. The second-order valence-electron chi connectivity index (χ2n) is 10.1. The van der Waals surface area contributed by atoms with Crippen molar-refractivity contribution in [2.45, 2.75) is 79.1 Å². The smallest absolute Gasteiger partial charge is 0.144 e. The molecule has 5 aliphatic heterocycles. The van der Waals surface area contributed by atoms with Gasteiger partial charge in [-0.2, -0.15) is 0 Å². The Balaban J connectivity index is 1.75. The van der Waals surface area contributed by atoms with Gasteiger partial charge in [0.15, 0.2) is 0 Å². The molecule has 25 heavy (non-hydrogen) atoms. The Morgan fingerprint density at radius 1 is 1.16 bits per heavy atom. The van der Waals surface area contributed by atoms with Gasteiger partial charge in [0, 0.05) is 30.8 Å². The maximum atomic E-state index is 13.2. The van der Waals surface area contributed by atoms with Crippen molar-refractivity contribution in [2.24, 2.45) is 28.6 Å². The first-order chi connectivity index (χ1) is 11.8. The summed E-state index contributed by atoms with van der Waals surface area (Å²) in [4.78, 5) is 28.5. The quantitative estimate of drug-likeness (QED) is 0.752. The lowest BCUT2D eigenvalue weighted by Crippen LogP contribution is -2.61. The van der Waals surface area contributed by atoms with Crippen LogP contribution in [0.1, 0.15) is 79.1 Å². The van der Waals surface area contributed by atoms with Crippen LogP contribution in [0, 0.1) is 28.6 Å². The molecule has 0 aromatic carbocycles. The molecule has 0 spiro atoms. The van der Waals surface area contributed by atoms with Gasteiger partial charge in [0.05, 0.1) is 5.41 Å². The van der Waals surface area contributed by atoms with E-state index in [0.29, 0.717) is 23.9 Å². The molecule has 1 aliphatic carbocycles. The normalized spacial score (nSPS) is 39.0. The largest absolute Gasteiger partial charge is 0.301 e. The summed E-state index contributed by atoms with van der Waals surface area (Å²) < 4.78 is 0. The Hall–Kier alpha value is -0.700. The average Bonchev–Trinajstić information content (AvgIpc) is 2.49. The summed E-state index contributed by atoms with van der Waals surface area (Å²) >= 11 is 0. The number of ketones is 2. The lowest BCUT2D eigenvalue weighted by Gasteiger charge is -2.51. The van der Waals surface area contributed by atoms with Crippen LogP contribution in [0.5, 0.6) is 0 Å². The van der Waals surface area contributed by atoms with E-state index >= 15 is 0 Å². The van der Waals surface area contributed by atoms with E-state index in [1.54, 1.807) is 0 Å². The summed E-state index contributed by atoms with van der Waals surface area (Å²) in [5.41, 5.74) is -0.293. The van der Waals surface area contributed by atoms with Crippen LogP contribution in [0.3, 0.4) is 0 Å². The van der Waals surface area contributed by atoms with Crippen molar-refractivity contribution in [1.82, 2.24) is 4.90 Å². The topological polar surface area (TPSA) is 37.4 Å². The second kappa shape index (κ2) is 7.13. The fourth-order valence-corrected chi connectivity index (χ4v) is 5.94. The highest BCUT2D eigenvalue weighted by Gasteiger charge is 2.52. The number of Topliss-reactive ketones (excluding diaryl/α,β-unsaturated/α-hetero) is 2. The zero-order valence-corrected chi connectivity index (χ0v) is 16.8. The van der Waals surface area contributed by atoms with E-state index in [1.807, 2.05) is 13.8 Å². The third kappa shape index (κ3) is 3.72. The minimum atomic E-state index is -0.236. The predicted octanol–water partition coefficient (Wildman–Crippen LogP) is 4.49. The van der Waals surface area contributed by atoms with E-state index < -0.39 is 0 Å². The summed E-state index contributed by atoms with van der Waals surface area (Å²) in [5, 5.41) is 0. The molecule has 5 saturated heterocycles. The van der Waals surface area contributed by atoms with E-state index in [9.17, 15) is 9.59 Å². The van der Waals surface area contributed by atoms with Gasteiger partial charge in [-0.25, -0.2) is 0 Å². The van der Waals surface area contributed by atoms with Gasteiger partial charge < -0.3 is 4.90 Å². The van der Waals surface area contributed by atoms with Crippen LogP contribution in [-0.4, -0.2) is 36.1 Å². The van der Waals surface area contributed by atoms with Gasteiger partial charge >= 0.3 is 0 Å². The summed E-state index contributed by atoms with van der Waals surface area (Å²) in [6.45, 7) is 11.4. The van der Waals surface area contributed by atoms with Gasteiger partial charge in [-0.3, -0.25) is 9.59 Å². The lowest BCUT2D eigenvalue weighted by molar-refractivity contribution is -0.147. The van der Waals surface area contributed by atoms with Crippen molar-refractivity contribution in [1.29, 1.82) is 0 Å². The van der Waals surface area contributed by atoms with Gasteiger partial charge in [-0.05, 0) is 50.5 Å². The lowest BCUT2D eigenvalue weighted by atomic mass is 9.55. The van der Waals surface area contributed by atoms with Gasteiger partial charge in [0.25, 0.3) is 0 Å². The SMILES string of the molecule is CC(C)CC12CC(CCCCN3CC(C(=O)C(C)C)(CCC1=O)C3)C2. The fourth-order valence-electron chi connectivity index (χ4n) is 5.94. The van der Waals surface area contributed by atoms with Crippen molar-refractivity contribution in [2.75, 3.05) is 19.6 Å². The number of hydrogen-bond acceptors (Lipinski definition) is 3. The summed E-state index contributed by atoms with van der Waals surface area (Å²) in [7, 11) is 0. The average molecular weight is 348 g/mol. The second-order valence-corrected chi connectivity index (χ2v) is 10.1. The molecular weight excluding hydrogens is 310 g/mol.